The first-order valence-corrected chi connectivity index (χ1v) is 6.34. The standard InChI is InChI=1S/C13H14BrN3O/c1-18-13-3-2-10(14)6-9(13)7-11(15)12-4-5-16-8-17-12/h2-6,8,11H,7,15H2,1H3. The van der Waals surface area contributed by atoms with E-state index < -0.39 is 0 Å². The molecule has 2 N–H and O–H groups in total. The Morgan fingerprint density at radius 2 is 2.22 bits per heavy atom. The van der Waals surface area contributed by atoms with Crippen LogP contribution in [0.15, 0.2) is 41.3 Å². The second-order valence-electron chi connectivity index (χ2n) is 3.90. The molecule has 0 aliphatic rings. The van der Waals surface area contributed by atoms with Crippen molar-refractivity contribution in [3.8, 4) is 5.75 Å². The Kier molecular flexibility index (Phi) is 4.28. The first kappa shape index (κ1) is 13.0. The molecule has 5 heteroatoms. The number of nitrogens with two attached hydrogens (primary N) is 1. The third-order valence-corrected chi connectivity index (χ3v) is 3.16. The highest BCUT2D eigenvalue weighted by Crippen LogP contribution is 2.26. The average Bonchev–Trinajstić information content (AvgIpc) is 2.40. The Hall–Kier alpha value is -1.46. The molecule has 1 heterocycles. The number of hydrogen-bond donors (Lipinski definition) is 1. The Bertz CT molecular complexity index is 519. The van der Waals surface area contributed by atoms with Crippen LogP contribution in [0.1, 0.15) is 17.3 Å². The van der Waals surface area contributed by atoms with Crippen molar-refractivity contribution in [3.63, 3.8) is 0 Å². The van der Waals surface area contributed by atoms with Crippen LogP contribution in [0.3, 0.4) is 0 Å². The van der Waals surface area contributed by atoms with E-state index in [1.807, 2.05) is 24.3 Å². The van der Waals surface area contributed by atoms with E-state index in [0.717, 1.165) is 21.5 Å². The van der Waals surface area contributed by atoms with Crippen molar-refractivity contribution in [2.75, 3.05) is 7.11 Å². The van der Waals surface area contributed by atoms with Crippen molar-refractivity contribution in [2.45, 2.75) is 12.5 Å². The third-order valence-electron chi connectivity index (χ3n) is 2.67. The van der Waals surface area contributed by atoms with E-state index >= 15 is 0 Å². The number of methoxy groups -OCH3 is 1. The lowest BCUT2D eigenvalue weighted by Crippen LogP contribution is -2.15. The van der Waals surface area contributed by atoms with Gasteiger partial charge in [0.2, 0.25) is 0 Å². The van der Waals surface area contributed by atoms with Gasteiger partial charge in [-0.3, -0.25) is 0 Å². The summed E-state index contributed by atoms with van der Waals surface area (Å²) in [6, 6.07) is 7.54. The molecule has 1 aromatic carbocycles. The van der Waals surface area contributed by atoms with Gasteiger partial charge in [0, 0.05) is 10.7 Å². The van der Waals surface area contributed by atoms with Gasteiger partial charge in [0.25, 0.3) is 0 Å². The third kappa shape index (κ3) is 3.05. The highest BCUT2D eigenvalue weighted by Gasteiger charge is 2.12. The van der Waals surface area contributed by atoms with Crippen LogP contribution in [0, 0.1) is 0 Å². The molecule has 1 aromatic heterocycles. The summed E-state index contributed by atoms with van der Waals surface area (Å²) in [6.07, 6.45) is 3.87. The lowest BCUT2D eigenvalue weighted by atomic mass is 10.0. The number of nitrogens with zero attached hydrogens (tertiary/aromatic N) is 2. The van der Waals surface area contributed by atoms with Gasteiger partial charge < -0.3 is 10.5 Å². The zero-order chi connectivity index (χ0) is 13.0. The van der Waals surface area contributed by atoms with Gasteiger partial charge in [0.1, 0.15) is 12.1 Å². The Morgan fingerprint density at radius 3 is 2.89 bits per heavy atom. The van der Waals surface area contributed by atoms with Crippen LogP contribution in [0.5, 0.6) is 5.75 Å². The summed E-state index contributed by atoms with van der Waals surface area (Å²) in [6.45, 7) is 0. The van der Waals surface area contributed by atoms with Crippen molar-refractivity contribution in [3.05, 3.63) is 52.5 Å². The molecule has 0 fully saturated rings. The lowest BCUT2D eigenvalue weighted by Gasteiger charge is -2.14. The second kappa shape index (κ2) is 5.93. The number of benzene rings is 1. The molecule has 0 radical (unpaired) electrons. The summed E-state index contributed by atoms with van der Waals surface area (Å²) >= 11 is 3.45. The molecule has 0 saturated heterocycles. The van der Waals surface area contributed by atoms with Gasteiger partial charge in [-0.15, -0.1) is 0 Å². The molecule has 2 rings (SSSR count). The molecule has 18 heavy (non-hydrogen) atoms. The Morgan fingerprint density at radius 1 is 1.39 bits per heavy atom. The van der Waals surface area contributed by atoms with Gasteiger partial charge >= 0.3 is 0 Å². The van der Waals surface area contributed by atoms with E-state index in [1.165, 1.54) is 6.33 Å². The van der Waals surface area contributed by atoms with Gasteiger partial charge in [-0.1, -0.05) is 15.9 Å². The van der Waals surface area contributed by atoms with Crippen molar-refractivity contribution in [1.82, 2.24) is 9.97 Å². The van der Waals surface area contributed by atoms with Gasteiger partial charge in [-0.2, -0.15) is 0 Å². The Balaban J connectivity index is 2.21. The van der Waals surface area contributed by atoms with E-state index in [9.17, 15) is 0 Å². The molecule has 0 bridgehead atoms. The topological polar surface area (TPSA) is 61.0 Å². The Labute approximate surface area is 114 Å². The number of aromatic nitrogens is 2. The summed E-state index contributed by atoms with van der Waals surface area (Å²) in [4.78, 5) is 8.05. The number of halogens is 1. The maximum absolute atomic E-state index is 6.14. The first-order valence-electron chi connectivity index (χ1n) is 5.54. The van der Waals surface area contributed by atoms with E-state index in [-0.39, 0.29) is 6.04 Å². The van der Waals surface area contributed by atoms with E-state index in [1.54, 1.807) is 13.3 Å². The number of ether oxygens (including phenoxy) is 1. The largest absolute Gasteiger partial charge is 0.496 e. The maximum Gasteiger partial charge on any atom is 0.122 e. The van der Waals surface area contributed by atoms with Crippen molar-refractivity contribution < 1.29 is 4.74 Å². The highest BCUT2D eigenvalue weighted by atomic mass is 79.9. The van der Waals surface area contributed by atoms with Crippen molar-refractivity contribution in [1.29, 1.82) is 0 Å². The van der Waals surface area contributed by atoms with Gasteiger partial charge in [0.05, 0.1) is 18.8 Å². The minimum Gasteiger partial charge on any atom is -0.496 e. The molecule has 0 amide bonds. The summed E-state index contributed by atoms with van der Waals surface area (Å²) in [7, 11) is 1.66. The summed E-state index contributed by atoms with van der Waals surface area (Å²) < 4.78 is 6.34. The number of rotatable bonds is 4. The monoisotopic (exact) mass is 307 g/mol. The molecule has 94 valence electrons. The zero-order valence-corrected chi connectivity index (χ0v) is 11.6. The minimum absolute atomic E-state index is 0.170. The summed E-state index contributed by atoms with van der Waals surface area (Å²) in [5, 5.41) is 0. The molecule has 0 aliphatic heterocycles. The number of hydrogen-bond acceptors (Lipinski definition) is 4. The van der Waals surface area contributed by atoms with E-state index in [0.29, 0.717) is 6.42 Å². The zero-order valence-electron chi connectivity index (χ0n) is 10.0. The summed E-state index contributed by atoms with van der Waals surface area (Å²) in [5.74, 6) is 0.836. The van der Waals surface area contributed by atoms with Crippen molar-refractivity contribution >= 4 is 15.9 Å². The lowest BCUT2D eigenvalue weighted by molar-refractivity contribution is 0.408. The van der Waals surface area contributed by atoms with Crippen LogP contribution in [0.25, 0.3) is 0 Å². The molecule has 2 aromatic rings. The van der Waals surface area contributed by atoms with E-state index in [2.05, 4.69) is 25.9 Å². The van der Waals surface area contributed by atoms with Crippen LogP contribution < -0.4 is 10.5 Å². The SMILES string of the molecule is COc1ccc(Br)cc1CC(N)c1ccncn1. The predicted molar refractivity (Wildman–Crippen MR) is 73.4 cm³/mol. The maximum atomic E-state index is 6.14. The van der Waals surface area contributed by atoms with Gasteiger partial charge in [-0.25, -0.2) is 9.97 Å². The molecule has 1 atom stereocenters. The molecular weight excluding hydrogens is 294 g/mol. The summed E-state index contributed by atoms with van der Waals surface area (Å²) in [5.41, 5.74) is 8.02. The van der Waals surface area contributed by atoms with Gasteiger partial charge in [0.15, 0.2) is 0 Å². The van der Waals surface area contributed by atoms with E-state index in [4.69, 9.17) is 10.5 Å². The quantitative estimate of drug-likeness (QED) is 0.942. The fraction of sp³-hybridized carbons (Fsp3) is 0.231. The van der Waals surface area contributed by atoms with Crippen LogP contribution in [0.2, 0.25) is 0 Å². The van der Waals surface area contributed by atoms with Crippen LogP contribution in [-0.4, -0.2) is 17.1 Å². The van der Waals surface area contributed by atoms with Crippen molar-refractivity contribution in [2.24, 2.45) is 5.73 Å². The molecule has 4 nitrogen and oxygen atoms in total. The second-order valence-corrected chi connectivity index (χ2v) is 4.82. The highest BCUT2D eigenvalue weighted by molar-refractivity contribution is 9.10. The first-order chi connectivity index (χ1) is 8.70. The predicted octanol–water partition coefficient (Wildman–Crippen LogP) is 2.49. The fourth-order valence-corrected chi connectivity index (χ4v) is 2.18. The molecule has 0 aliphatic carbocycles. The molecule has 0 spiro atoms. The average molecular weight is 308 g/mol. The smallest absolute Gasteiger partial charge is 0.122 e. The van der Waals surface area contributed by atoms with Crippen LogP contribution in [-0.2, 0) is 6.42 Å². The normalized spacial score (nSPS) is 12.2. The fourth-order valence-electron chi connectivity index (χ4n) is 1.77. The van der Waals surface area contributed by atoms with Gasteiger partial charge in [-0.05, 0) is 36.2 Å². The van der Waals surface area contributed by atoms with Crippen LogP contribution >= 0.6 is 15.9 Å². The van der Waals surface area contributed by atoms with Crippen LogP contribution in [0.4, 0.5) is 0 Å². The minimum atomic E-state index is -0.170. The molecular formula is C13H14BrN3O. The molecule has 0 saturated carbocycles. The molecule has 1 unspecified atom stereocenters.